The quantitative estimate of drug-likeness (QED) is 0.736. The van der Waals surface area contributed by atoms with E-state index >= 15 is 0 Å². The number of fused-ring (bicyclic) bond motifs is 2. The summed E-state index contributed by atoms with van der Waals surface area (Å²) in [6.45, 7) is 5.54. The molecule has 1 aliphatic heterocycles. The maximum atomic E-state index is 13.5. The van der Waals surface area contributed by atoms with Gasteiger partial charge in [-0.2, -0.15) is 0 Å². The molecule has 3 aliphatic rings. The van der Waals surface area contributed by atoms with E-state index in [0.717, 1.165) is 31.6 Å². The molecule has 3 aromatic heterocycles. The third-order valence-electron chi connectivity index (χ3n) is 6.81. The highest BCUT2D eigenvalue weighted by molar-refractivity contribution is 6.10. The van der Waals surface area contributed by atoms with Crippen LogP contribution in [0.4, 0.5) is 5.82 Å². The number of furan rings is 1. The Hall–Kier alpha value is -2.96. The summed E-state index contributed by atoms with van der Waals surface area (Å²) in [6.07, 6.45) is 5.55. The van der Waals surface area contributed by atoms with Crippen LogP contribution in [0.15, 0.2) is 35.1 Å². The number of carbonyl (C=O) groups is 1. The van der Waals surface area contributed by atoms with Crippen LogP contribution in [0.25, 0.3) is 11.1 Å². The predicted molar refractivity (Wildman–Crippen MR) is 108 cm³/mol. The van der Waals surface area contributed by atoms with E-state index in [0.29, 0.717) is 46.0 Å². The minimum Gasteiger partial charge on any atom is -0.442 e. The number of aromatic nitrogens is 3. The van der Waals surface area contributed by atoms with Crippen LogP contribution in [-0.2, 0) is 0 Å². The molecular weight excluding hydrogens is 366 g/mol. The molecule has 0 radical (unpaired) electrons. The summed E-state index contributed by atoms with van der Waals surface area (Å²) in [6, 6.07) is 6.08. The summed E-state index contributed by atoms with van der Waals surface area (Å²) < 4.78 is 5.84. The average molecular weight is 389 g/mol. The fourth-order valence-electron chi connectivity index (χ4n) is 4.86. The van der Waals surface area contributed by atoms with Crippen molar-refractivity contribution in [3.8, 4) is 0 Å². The molecule has 1 amide bonds. The van der Waals surface area contributed by atoms with E-state index in [1.54, 1.807) is 0 Å². The number of aryl methyl sites for hydroxylation is 1. The normalized spacial score (nSPS) is 26.4. The number of piperidine rings is 1. The standard InChI is InChI=1S/C22H23N5O2/c1-12-16(18-19(26-22(2)6-7-22)24-11-25-20(18)29-12)21(28)27-9-13-14(10-27)17(13)15-5-3-4-8-23-15/h3-5,8,11,13-14,17H,6-7,9-10H2,1-2H3,(H,24,25,26)/t13-,14+,17+. The van der Waals surface area contributed by atoms with Gasteiger partial charge in [0.1, 0.15) is 17.9 Å². The maximum Gasteiger partial charge on any atom is 0.258 e. The number of anilines is 1. The van der Waals surface area contributed by atoms with Gasteiger partial charge in [-0.25, -0.2) is 9.97 Å². The number of rotatable bonds is 4. The molecule has 2 aliphatic carbocycles. The summed E-state index contributed by atoms with van der Waals surface area (Å²) >= 11 is 0. The van der Waals surface area contributed by atoms with Gasteiger partial charge in [-0.15, -0.1) is 0 Å². The molecule has 0 spiro atoms. The lowest BCUT2D eigenvalue weighted by Gasteiger charge is -2.20. The Labute approximate surface area is 168 Å². The molecule has 0 aromatic carbocycles. The Morgan fingerprint density at radius 1 is 1.21 bits per heavy atom. The lowest BCUT2D eigenvalue weighted by atomic mass is 10.1. The molecule has 3 fully saturated rings. The average Bonchev–Trinajstić information content (AvgIpc) is 3.51. The molecule has 0 unspecified atom stereocenters. The van der Waals surface area contributed by atoms with Crippen LogP contribution >= 0.6 is 0 Å². The first-order valence-electron chi connectivity index (χ1n) is 10.3. The number of amides is 1. The SMILES string of the molecule is Cc1oc2ncnc(NC3(C)CC3)c2c1C(=O)N1C[C@@H]2[C@H](C1)[C@H]2c1ccccn1. The lowest BCUT2D eigenvalue weighted by molar-refractivity contribution is 0.0772. The Bertz CT molecular complexity index is 1110. The smallest absolute Gasteiger partial charge is 0.258 e. The Morgan fingerprint density at radius 3 is 2.69 bits per heavy atom. The third kappa shape index (κ3) is 2.63. The number of carbonyl (C=O) groups excluding carboxylic acids is 1. The number of hydrogen-bond acceptors (Lipinski definition) is 6. The van der Waals surface area contributed by atoms with Gasteiger partial charge < -0.3 is 14.6 Å². The first kappa shape index (κ1) is 16.9. The second kappa shape index (κ2) is 5.78. The molecule has 2 saturated carbocycles. The van der Waals surface area contributed by atoms with Gasteiger partial charge in [0.15, 0.2) is 0 Å². The summed E-state index contributed by atoms with van der Waals surface area (Å²) in [5.41, 5.74) is 2.28. The monoisotopic (exact) mass is 389 g/mol. The summed E-state index contributed by atoms with van der Waals surface area (Å²) in [5.74, 6) is 2.82. The zero-order valence-corrected chi connectivity index (χ0v) is 16.6. The largest absolute Gasteiger partial charge is 0.442 e. The minimum absolute atomic E-state index is 0.0204. The van der Waals surface area contributed by atoms with E-state index in [2.05, 4.69) is 33.3 Å². The Morgan fingerprint density at radius 2 is 2.00 bits per heavy atom. The highest BCUT2D eigenvalue weighted by Gasteiger charge is 2.58. The lowest BCUT2D eigenvalue weighted by Crippen LogP contribution is -2.32. The van der Waals surface area contributed by atoms with E-state index in [1.165, 1.54) is 6.33 Å². The van der Waals surface area contributed by atoms with E-state index in [4.69, 9.17) is 4.42 Å². The van der Waals surface area contributed by atoms with Crippen molar-refractivity contribution in [3.05, 3.63) is 47.7 Å². The third-order valence-corrected chi connectivity index (χ3v) is 6.81. The second-order valence-corrected chi connectivity index (χ2v) is 8.94. The Balaban J connectivity index is 1.28. The zero-order valence-electron chi connectivity index (χ0n) is 16.6. The summed E-state index contributed by atoms with van der Waals surface area (Å²) in [5, 5.41) is 4.20. The van der Waals surface area contributed by atoms with Crippen LogP contribution < -0.4 is 5.32 Å². The molecule has 3 atom stereocenters. The van der Waals surface area contributed by atoms with Crippen molar-refractivity contribution in [3.63, 3.8) is 0 Å². The molecule has 29 heavy (non-hydrogen) atoms. The van der Waals surface area contributed by atoms with Gasteiger partial charge >= 0.3 is 0 Å². The zero-order chi connectivity index (χ0) is 19.8. The molecule has 7 nitrogen and oxygen atoms in total. The first-order valence-corrected chi connectivity index (χ1v) is 10.3. The molecule has 6 rings (SSSR count). The van der Waals surface area contributed by atoms with E-state index in [9.17, 15) is 4.79 Å². The van der Waals surface area contributed by atoms with Crippen molar-refractivity contribution < 1.29 is 9.21 Å². The number of nitrogens with zero attached hydrogens (tertiary/aromatic N) is 4. The minimum atomic E-state index is 0.0204. The first-order chi connectivity index (χ1) is 14.0. The van der Waals surface area contributed by atoms with Crippen molar-refractivity contribution in [1.29, 1.82) is 0 Å². The molecule has 0 bridgehead atoms. The van der Waals surface area contributed by atoms with Gasteiger partial charge in [0, 0.05) is 36.4 Å². The van der Waals surface area contributed by atoms with E-state index in [1.807, 2.05) is 30.2 Å². The van der Waals surface area contributed by atoms with E-state index < -0.39 is 0 Å². The maximum absolute atomic E-state index is 13.5. The number of nitrogens with one attached hydrogen (secondary N) is 1. The van der Waals surface area contributed by atoms with Crippen LogP contribution in [-0.4, -0.2) is 44.4 Å². The molecule has 1 N–H and O–H groups in total. The molecule has 4 heterocycles. The fraction of sp³-hybridized carbons (Fsp3) is 0.455. The van der Waals surface area contributed by atoms with Gasteiger partial charge in [-0.3, -0.25) is 9.78 Å². The van der Waals surface area contributed by atoms with Crippen LogP contribution in [0.1, 0.15) is 47.5 Å². The van der Waals surface area contributed by atoms with Gasteiger partial charge in [0.2, 0.25) is 5.71 Å². The van der Waals surface area contributed by atoms with Gasteiger partial charge in [-0.05, 0) is 50.7 Å². The molecule has 7 heteroatoms. The van der Waals surface area contributed by atoms with Crippen molar-refractivity contribution in [2.75, 3.05) is 18.4 Å². The van der Waals surface area contributed by atoms with Crippen molar-refractivity contribution >= 4 is 22.8 Å². The van der Waals surface area contributed by atoms with Crippen LogP contribution in [0, 0.1) is 18.8 Å². The van der Waals surface area contributed by atoms with Crippen molar-refractivity contribution in [2.45, 2.75) is 38.1 Å². The van der Waals surface area contributed by atoms with Gasteiger partial charge in [0.25, 0.3) is 5.91 Å². The number of likely N-dealkylation sites (tertiary alicyclic amines) is 1. The molecule has 148 valence electrons. The van der Waals surface area contributed by atoms with Crippen LogP contribution in [0.3, 0.4) is 0 Å². The van der Waals surface area contributed by atoms with Crippen molar-refractivity contribution in [1.82, 2.24) is 19.9 Å². The fourth-order valence-corrected chi connectivity index (χ4v) is 4.86. The van der Waals surface area contributed by atoms with Crippen LogP contribution in [0.2, 0.25) is 0 Å². The number of pyridine rings is 1. The highest BCUT2D eigenvalue weighted by atomic mass is 16.3. The summed E-state index contributed by atoms with van der Waals surface area (Å²) in [7, 11) is 0. The Kier molecular flexibility index (Phi) is 3.38. The second-order valence-electron chi connectivity index (χ2n) is 8.94. The molecule has 1 saturated heterocycles. The molecule has 3 aromatic rings. The molecular formula is C22H23N5O2. The number of hydrogen-bond donors (Lipinski definition) is 1. The highest BCUT2D eigenvalue weighted by Crippen LogP contribution is 2.58. The summed E-state index contributed by atoms with van der Waals surface area (Å²) in [4.78, 5) is 28.6. The van der Waals surface area contributed by atoms with Gasteiger partial charge in [-0.1, -0.05) is 6.07 Å². The predicted octanol–water partition coefficient (Wildman–Crippen LogP) is 3.38. The van der Waals surface area contributed by atoms with E-state index in [-0.39, 0.29) is 11.4 Å². The van der Waals surface area contributed by atoms with Gasteiger partial charge in [0.05, 0.1) is 10.9 Å². The van der Waals surface area contributed by atoms with Crippen LogP contribution in [0.5, 0.6) is 0 Å². The van der Waals surface area contributed by atoms with Crippen molar-refractivity contribution in [2.24, 2.45) is 11.8 Å². The topological polar surface area (TPSA) is 84.2 Å².